The van der Waals surface area contributed by atoms with Crippen LogP contribution in [0, 0.1) is 11.3 Å². The topological polar surface area (TPSA) is 95.9 Å². The Labute approximate surface area is 144 Å². The molecule has 1 aromatic rings. The third-order valence-corrected chi connectivity index (χ3v) is 5.95. The summed E-state index contributed by atoms with van der Waals surface area (Å²) < 4.78 is 5.16. The molecule has 0 bridgehead atoms. The molecule has 7 nitrogen and oxygen atoms in total. The Hall–Kier alpha value is -2.57. The predicted octanol–water partition coefficient (Wildman–Crippen LogP) is 0.386. The Morgan fingerprint density at radius 1 is 1.28 bits per heavy atom. The average molecular weight is 344 g/mol. The lowest BCUT2D eigenvalue weighted by Crippen LogP contribution is -2.43. The van der Waals surface area contributed by atoms with Gasteiger partial charge in [0.15, 0.2) is 0 Å². The second kappa shape index (κ2) is 5.21. The minimum absolute atomic E-state index is 0.0690. The van der Waals surface area contributed by atoms with Crippen LogP contribution in [0.3, 0.4) is 0 Å². The number of carboxylic acid groups (broad SMARTS) is 1. The van der Waals surface area contributed by atoms with Crippen LogP contribution in [0.25, 0.3) is 0 Å². The molecule has 0 radical (unpaired) electrons. The summed E-state index contributed by atoms with van der Waals surface area (Å²) in [6, 6.07) is 7.43. The number of ether oxygens (including phenoxy) is 1. The molecular weight excluding hydrogens is 324 g/mol. The summed E-state index contributed by atoms with van der Waals surface area (Å²) >= 11 is 0. The first kappa shape index (κ1) is 15.9. The third-order valence-electron chi connectivity index (χ3n) is 5.95. The number of nitrogens with zero attached hydrogens (tertiary/aromatic N) is 1. The second-order valence-corrected chi connectivity index (χ2v) is 7.23. The molecule has 0 spiro atoms. The number of hydrogen-bond donors (Lipinski definition) is 2. The van der Waals surface area contributed by atoms with E-state index in [1.54, 1.807) is 12.0 Å². The third kappa shape index (κ3) is 2.14. The minimum Gasteiger partial charge on any atom is -0.497 e. The van der Waals surface area contributed by atoms with E-state index in [0.717, 1.165) is 24.2 Å². The van der Waals surface area contributed by atoms with Crippen LogP contribution in [0.2, 0.25) is 0 Å². The zero-order valence-corrected chi connectivity index (χ0v) is 13.9. The van der Waals surface area contributed by atoms with Gasteiger partial charge in [0.1, 0.15) is 11.2 Å². The zero-order valence-electron chi connectivity index (χ0n) is 13.9. The van der Waals surface area contributed by atoms with E-state index in [1.807, 2.05) is 24.3 Å². The van der Waals surface area contributed by atoms with Crippen LogP contribution in [0.15, 0.2) is 24.3 Å². The van der Waals surface area contributed by atoms with Crippen LogP contribution in [0.5, 0.6) is 5.75 Å². The van der Waals surface area contributed by atoms with Crippen molar-refractivity contribution in [3.8, 4) is 5.75 Å². The quantitative estimate of drug-likeness (QED) is 0.824. The highest BCUT2D eigenvalue weighted by Gasteiger charge is 2.63. The maximum Gasteiger partial charge on any atom is 0.314 e. The van der Waals surface area contributed by atoms with Gasteiger partial charge in [-0.3, -0.25) is 14.4 Å². The van der Waals surface area contributed by atoms with Gasteiger partial charge in [-0.1, -0.05) is 12.1 Å². The van der Waals surface area contributed by atoms with Crippen molar-refractivity contribution in [3.63, 3.8) is 0 Å². The Morgan fingerprint density at radius 2 is 1.96 bits per heavy atom. The number of nitrogens with one attached hydrogen (secondary N) is 1. The van der Waals surface area contributed by atoms with Gasteiger partial charge in [0.05, 0.1) is 18.4 Å². The van der Waals surface area contributed by atoms with E-state index in [9.17, 15) is 19.5 Å². The first-order valence-electron chi connectivity index (χ1n) is 8.38. The highest BCUT2D eigenvalue weighted by Crippen LogP contribution is 2.52. The largest absolute Gasteiger partial charge is 0.497 e. The van der Waals surface area contributed by atoms with Crippen molar-refractivity contribution >= 4 is 17.8 Å². The number of benzene rings is 1. The van der Waals surface area contributed by atoms with Crippen LogP contribution in [0.1, 0.15) is 18.4 Å². The second-order valence-electron chi connectivity index (χ2n) is 7.23. The molecule has 1 saturated carbocycles. The Bertz CT molecular complexity index is 755. The summed E-state index contributed by atoms with van der Waals surface area (Å²) in [6.07, 6.45) is 1.48. The molecule has 7 heteroatoms. The summed E-state index contributed by atoms with van der Waals surface area (Å²) in [6.45, 7) is 0.350. The van der Waals surface area contributed by atoms with E-state index in [4.69, 9.17) is 4.74 Å². The standard InChI is InChI=1S/C18H20N2O5/c1-25-12-4-2-11(3-5-12)17(6-7-17)15(22)20-8-13-14(21)19-9-18(13,10-20)16(23)24/h2-5,13H,6-10H2,1H3,(H,19,21)(H,23,24)/t13-,18+/m0/s1. The number of rotatable bonds is 4. The molecule has 0 unspecified atom stereocenters. The lowest BCUT2D eigenvalue weighted by atomic mass is 9.81. The smallest absolute Gasteiger partial charge is 0.314 e. The monoisotopic (exact) mass is 344 g/mol. The number of aliphatic carboxylic acids is 1. The van der Waals surface area contributed by atoms with Crippen molar-refractivity contribution in [2.24, 2.45) is 11.3 Å². The minimum atomic E-state index is -1.19. The van der Waals surface area contributed by atoms with Crippen LogP contribution >= 0.6 is 0 Å². The fourth-order valence-corrected chi connectivity index (χ4v) is 4.20. The average Bonchev–Trinajstić information content (AvgIpc) is 3.23. The molecule has 3 fully saturated rings. The fourth-order valence-electron chi connectivity index (χ4n) is 4.20. The first-order valence-corrected chi connectivity index (χ1v) is 8.38. The van der Waals surface area contributed by atoms with Gasteiger partial charge < -0.3 is 20.1 Å². The van der Waals surface area contributed by atoms with Crippen LogP contribution in [0.4, 0.5) is 0 Å². The molecule has 2 aliphatic heterocycles. The number of carbonyl (C=O) groups excluding carboxylic acids is 2. The maximum absolute atomic E-state index is 13.2. The maximum atomic E-state index is 13.2. The molecule has 25 heavy (non-hydrogen) atoms. The van der Waals surface area contributed by atoms with Gasteiger partial charge in [-0.25, -0.2) is 0 Å². The molecule has 2 amide bonds. The zero-order chi connectivity index (χ0) is 17.8. The van der Waals surface area contributed by atoms with Gasteiger partial charge in [-0.15, -0.1) is 0 Å². The molecule has 2 atom stereocenters. The summed E-state index contributed by atoms with van der Waals surface area (Å²) in [5.41, 5.74) is -0.853. The van der Waals surface area contributed by atoms with E-state index < -0.39 is 22.7 Å². The summed E-state index contributed by atoms with van der Waals surface area (Å²) in [5, 5.41) is 12.3. The lowest BCUT2D eigenvalue weighted by molar-refractivity contribution is -0.150. The lowest BCUT2D eigenvalue weighted by Gasteiger charge is -2.26. The highest BCUT2D eigenvalue weighted by atomic mass is 16.5. The van der Waals surface area contributed by atoms with Gasteiger partial charge >= 0.3 is 5.97 Å². The van der Waals surface area contributed by atoms with Crippen molar-refractivity contribution in [3.05, 3.63) is 29.8 Å². The molecule has 0 aromatic heterocycles. The molecular formula is C18H20N2O5. The molecule has 2 N–H and O–H groups in total. The van der Waals surface area contributed by atoms with Gasteiger partial charge in [0, 0.05) is 19.6 Å². The predicted molar refractivity (Wildman–Crippen MR) is 87.1 cm³/mol. The van der Waals surface area contributed by atoms with Crippen LogP contribution < -0.4 is 10.1 Å². The fraction of sp³-hybridized carbons (Fsp3) is 0.500. The SMILES string of the molecule is COc1ccc(C2(C(=O)N3C[C@H]4C(=O)NC[C@@]4(C(=O)O)C3)CC2)cc1. The highest BCUT2D eigenvalue weighted by molar-refractivity contribution is 5.96. The van der Waals surface area contributed by atoms with Crippen molar-refractivity contribution in [2.75, 3.05) is 26.7 Å². The Morgan fingerprint density at radius 3 is 2.48 bits per heavy atom. The number of likely N-dealkylation sites (tertiary alicyclic amines) is 1. The summed E-state index contributed by atoms with van der Waals surface area (Å²) in [5.74, 6) is -1.29. The van der Waals surface area contributed by atoms with E-state index in [-0.39, 0.29) is 31.4 Å². The molecule has 1 aliphatic carbocycles. The summed E-state index contributed by atoms with van der Waals surface area (Å²) in [4.78, 5) is 38.5. The number of hydrogen-bond acceptors (Lipinski definition) is 4. The van der Waals surface area contributed by atoms with Crippen LogP contribution in [-0.4, -0.2) is 54.5 Å². The molecule has 3 aliphatic rings. The van der Waals surface area contributed by atoms with E-state index in [0.29, 0.717) is 0 Å². The molecule has 1 aromatic carbocycles. The van der Waals surface area contributed by atoms with E-state index >= 15 is 0 Å². The number of methoxy groups -OCH3 is 1. The van der Waals surface area contributed by atoms with Crippen molar-refractivity contribution in [1.82, 2.24) is 10.2 Å². The Balaban J connectivity index is 1.59. The van der Waals surface area contributed by atoms with Gasteiger partial charge in [0.25, 0.3) is 0 Å². The van der Waals surface area contributed by atoms with Crippen LogP contribution in [-0.2, 0) is 19.8 Å². The van der Waals surface area contributed by atoms with E-state index in [2.05, 4.69) is 5.32 Å². The van der Waals surface area contributed by atoms with E-state index in [1.165, 1.54) is 0 Å². The first-order chi connectivity index (χ1) is 11.9. The Kier molecular flexibility index (Phi) is 3.32. The molecule has 4 rings (SSSR count). The number of carbonyl (C=O) groups is 3. The van der Waals surface area contributed by atoms with Crippen molar-refractivity contribution < 1.29 is 24.2 Å². The van der Waals surface area contributed by atoms with Gasteiger partial charge in [-0.2, -0.15) is 0 Å². The molecule has 2 saturated heterocycles. The normalized spacial score (nSPS) is 29.1. The number of amides is 2. The molecule has 2 heterocycles. The van der Waals surface area contributed by atoms with Gasteiger partial charge in [-0.05, 0) is 30.5 Å². The summed E-state index contributed by atoms with van der Waals surface area (Å²) in [7, 11) is 1.59. The van der Waals surface area contributed by atoms with Crippen molar-refractivity contribution in [2.45, 2.75) is 18.3 Å². The van der Waals surface area contributed by atoms with Crippen molar-refractivity contribution in [1.29, 1.82) is 0 Å². The van der Waals surface area contributed by atoms with Gasteiger partial charge in [0.2, 0.25) is 11.8 Å². The molecule has 132 valence electrons. The number of carboxylic acids is 1. The number of fused-ring (bicyclic) bond motifs is 1.